The molecule has 1 saturated heterocycles. The van der Waals surface area contributed by atoms with Crippen molar-refractivity contribution in [1.82, 2.24) is 9.88 Å². The summed E-state index contributed by atoms with van der Waals surface area (Å²) >= 11 is 1.47. The number of amides is 1. The fourth-order valence-corrected chi connectivity index (χ4v) is 5.15. The van der Waals surface area contributed by atoms with Gasteiger partial charge in [0.25, 0.3) is 5.91 Å². The summed E-state index contributed by atoms with van der Waals surface area (Å²) in [7, 11) is 0. The maximum atomic E-state index is 13.7. The Bertz CT molecular complexity index is 1360. The zero-order valence-electron chi connectivity index (χ0n) is 18.5. The quantitative estimate of drug-likeness (QED) is 0.431. The number of benzene rings is 2. The smallest absolute Gasteiger partial charge is 0.267 e. The van der Waals surface area contributed by atoms with Gasteiger partial charge in [-0.25, -0.2) is 4.98 Å². The molecule has 33 heavy (non-hydrogen) atoms. The number of thiazole rings is 1. The first-order valence-corrected chi connectivity index (χ1v) is 12.0. The molecule has 1 fully saturated rings. The molecule has 0 aliphatic carbocycles. The fourth-order valence-electron chi connectivity index (χ4n) is 4.12. The molecule has 8 heteroatoms. The van der Waals surface area contributed by atoms with E-state index < -0.39 is 0 Å². The number of hydrogen-bond acceptors (Lipinski definition) is 7. The summed E-state index contributed by atoms with van der Waals surface area (Å²) in [5.74, 6) is -0.389. The average Bonchev–Trinajstić information content (AvgIpc) is 3.29. The molecular formula is C25H25N3O4S. The van der Waals surface area contributed by atoms with Crippen molar-refractivity contribution in [3.63, 3.8) is 0 Å². The predicted molar refractivity (Wildman–Crippen MR) is 130 cm³/mol. The van der Waals surface area contributed by atoms with Gasteiger partial charge in [0.2, 0.25) is 5.43 Å². The van der Waals surface area contributed by atoms with Gasteiger partial charge in [0, 0.05) is 26.2 Å². The molecule has 0 radical (unpaired) electrons. The number of hydrogen-bond donors (Lipinski definition) is 0. The molecule has 0 unspecified atom stereocenters. The second-order valence-corrected chi connectivity index (χ2v) is 9.01. The SMILES string of the molecule is CCc1cccc2sc(N(CCN3CCOCC3)C(=O)c3coc4ccccc4c3=O)nc12. The first-order chi connectivity index (χ1) is 16.2. The van der Waals surface area contributed by atoms with Gasteiger partial charge in [-0.05, 0) is 30.2 Å². The van der Waals surface area contributed by atoms with Crippen molar-refractivity contribution in [3.05, 3.63) is 70.1 Å². The summed E-state index contributed by atoms with van der Waals surface area (Å²) in [4.78, 5) is 35.6. The van der Waals surface area contributed by atoms with E-state index in [1.54, 1.807) is 29.2 Å². The monoisotopic (exact) mass is 463 g/mol. The molecule has 3 heterocycles. The Labute approximate surface area is 195 Å². The van der Waals surface area contributed by atoms with Gasteiger partial charge in [0.05, 0.1) is 28.8 Å². The van der Waals surface area contributed by atoms with Crippen LogP contribution in [0.2, 0.25) is 0 Å². The minimum Gasteiger partial charge on any atom is -0.463 e. The number of nitrogens with zero attached hydrogens (tertiary/aromatic N) is 3. The lowest BCUT2D eigenvalue weighted by Gasteiger charge is -2.29. The third-order valence-electron chi connectivity index (χ3n) is 6.00. The third-order valence-corrected chi connectivity index (χ3v) is 7.05. The number of anilines is 1. The van der Waals surface area contributed by atoms with E-state index in [4.69, 9.17) is 14.1 Å². The predicted octanol–water partition coefficient (Wildman–Crippen LogP) is 3.94. The lowest BCUT2D eigenvalue weighted by molar-refractivity contribution is 0.0391. The van der Waals surface area contributed by atoms with Gasteiger partial charge in [-0.15, -0.1) is 0 Å². The average molecular weight is 464 g/mol. The van der Waals surface area contributed by atoms with E-state index in [0.29, 0.717) is 42.4 Å². The molecule has 1 amide bonds. The van der Waals surface area contributed by atoms with Gasteiger partial charge in [0.15, 0.2) is 5.13 Å². The van der Waals surface area contributed by atoms with Gasteiger partial charge in [-0.2, -0.15) is 0 Å². The highest BCUT2D eigenvalue weighted by molar-refractivity contribution is 7.22. The van der Waals surface area contributed by atoms with E-state index in [9.17, 15) is 9.59 Å². The molecule has 0 atom stereocenters. The van der Waals surface area contributed by atoms with Crippen LogP contribution in [0.4, 0.5) is 5.13 Å². The van der Waals surface area contributed by atoms with E-state index in [-0.39, 0.29) is 16.9 Å². The van der Waals surface area contributed by atoms with Gasteiger partial charge in [-0.3, -0.25) is 19.4 Å². The minimum absolute atomic E-state index is 0.0191. The van der Waals surface area contributed by atoms with Crippen molar-refractivity contribution in [2.24, 2.45) is 0 Å². The van der Waals surface area contributed by atoms with Crippen LogP contribution in [0.25, 0.3) is 21.2 Å². The molecule has 5 rings (SSSR count). The van der Waals surface area contributed by atoms with Crippen molar-refractivity contribution in [2.75, 3.05) is 44.3 Å². The van der Waals surface area contributed by atoms with Gasteiger partial charge < -0.3 is 9.15 Å². The molecule has 0 bridgehead atoms. The molecule has 0 spiro atoms. The normalized spacial score (nSPS) is 14.7. The van der Waals surface area contributed by atoms with Crippen molar-refractivity contribution < 1.29 is 13.9 Å². The Morgan fingerprint density at radius 2 is 1.97 bits per heavy atom. The number of ether oxygens (including phenoxy) is 1. The second kappa shape index (κ2) is 9.43. The first kappa shape index (κ1) is 21.8. The maximum Gasteiger partial charge on any atom is 0.267 e. The first-order valence-electron chi connectivity index (χ1n) is 11.2. The number of carbonyl (C=O) groups excluding carboxylic acids is 1. The van der Waals surface area contributed by atoms with Crippen molar-refractivity contribution in [2.45, 2.75) is 13.3 Å². The number of aromatic nitrogens is 1. The Balaban J connectivity index is 1.54. The van der Waals surface area contributed by atoms with Crippen LogP contribution in [0.1, 0.15) is 22.8 Å². The van der Waals surface area contributed by atoms with Crippen LogP contribution in [-0.4, -0.2) is 55.2 Å². The summed E-state index contributed by atoms with van der Waals surface area (Å²) < 4.78 is 12.1. The summed E-state index contributed by atoms with van der Waals surface area (Å²) in [5, 5.41) is 0.991. The number of carbonyl (C=O) groups is 1. The largest absolute Gasteiger partial charge is 0.463 e. The van der Waals surface area contributed by atoms with Crippen LogP contribution in [0.15, 0.2) is 57.9 Å². The van der Waals surface area contributed by atoms with Crippen LogP contribution in [0, 0.1) is 0 Å². The number of aryl methyl sites for hydroxylation is 1. The van der Waals surface area contributed by atoms with Crippen LogP contribution in [-0.2, 0) is 11.2 Å². The Morgan fingerprint density at radius 3 is 2.79 bits per heavy atom. The lowest BCUT2D eigenvalue weighted by atomic mass is 10.1. The standard InChI is InChI=1S/C25H25N3O4S/c1-2-17-6-5-9-21-22(17)26-25(33-21)28(11-10-27-12-14-31-15-13-27)24(30)19-16-32-20-8-4-3-7-18(20)23(19)29/h3-9,16H,2,10-15H2,1H3. The second-order valence-electron chi connectivity index (χ2n) is 8.00. The van der Waals surface area contributed by atoms with Crippen LogP contribution in [0.3, 0.4) is 0 Å². The zero-order valence-corrected chi connectivity index (χ0v) is 19.3. The molecule has 4 aromatic rings. The molecule has 0 N–H and O–H groups in total. The highest BCUT2D eigenvalue weighted by Gasteiger charge is 2.26. The summed E-state index contributed by atoms with van der Waals surface area (Å²) in [6, 6.07) is 13.1. The Morgan fingerprint density at radius 1 is 1.15 bits per heavy atom. The van der Waals surface area contributed by atoms with Crippen molar-refractivity contribution in [1.29, 1.82) is 0 Å². The molecule has 2 aromatic heterocycles. The topological polar surface area (TPSA) is 75.9 Å². The number of morpholine rings is 1. The number of para-hydroxylation sites is 2. The van der Waals surface area contributed by atoms with E-state index in [0.717, 1.165) is 35.3 Å². The van der Waals surface area contributed by atoms with Crippen LogP contribution < -0.4 is 10.3 Å². The molecule has 7 nitrogen and oxygen atoms in total. The minimum atomic E-state index is -0.389. The Hall–Kier alpha value is -3.07. The molecule has 0 saturated carbocycles. The number of rotatable bonds is 6. The van der Waals surface area contributed by atoms with Gasteiger partial charge >= 0.3 is 0 Å². The highest BCUT2D eigenvalue weighted by atomic mass is 32.1. The van der Waals surface area contributed by atoms with Crippen LogP contribution >= 0.6 is 11.3 Å². The van der Waals surface area contributed by atoms with Crippen LogP contribution in [0.5, 0.6) is 0 Å². The highest BCUT2D eigenvalue weighted by Crippen LogP contribution is 2.32. The summed E-state index contributed by atoms with van der Waals surface area (Å²) in [6.07, 6.45) is 2.13. The van der Waals surface area contributed by atoms with E-state index >= 15 is 0 Å². The molecule has 1 aliphatic heterocycles. The Kier molecular flexibility index (Phi) is 6.22. The molecule has 2 aromatic carbocycles. The van der Waals surface area contributed by atoms with E-state index in [2.05, 4.69) is 17.9 Å². The zero-order chi connectivity index (χ0) is 22.8. The van der Waals surface area contributed by atoms with Crippen molar-refractivity contribution in [3.8, 4) is 0 Å². The molecule has 1 aliphatic rings. The summed E-state index contributed by atoms with van der Waals surface area (Å²) in [6.45, 7) is 6.19. The van der Waals surface area contributed by atoms with E-state index in [1.165, 1.54) is 17.6 Å². The lowest BCUT2D eigenvalue weighted by Crippen LogP contribution is -2.44. The number of fused-ring (bicyclic) bond motifs is 2. The van der Waals surface area contributed by atoms with Gasteiger partial charge in [0.1, 0.15) is 17.4 Å². The fraction of sp³-hybridized carbons (Fsp3) is 0.320. The van der Waals surface area contributed by atoms with Gasteiger partial charge in [-0.1, -0.05) is 42.5 Å². The molecular weight excluding hydrogens is 438 g/mol. The van der Waals surface area contributed by atoms with E-state index in [1.807, 2.05) is 12.1 Å². The molecule has 170 valence electrons. The summed E-state index contributed by atoms with van der Waals surface area (Å²) in [5.41, 5.74) is 2.21. The maximum absolute atomic E-state index is 13.7. The van der Waals surface area contributed by atoms with Crippen molar-refractivity contribution >= 4 is 43.6 Å². The third kappa shape index (κ3) is 4.29.